The van der Waals surface area contributed by atoms with Crippen molar-refractivity contribution in [1.82, 2.24) is 20.1 Å². The van der Waals surface area contributed by atoms with Crippen LogP contribution in [0.2, 0.25) is 0 Å². The minimum Gasteiger partial charge on any atom is -0.393 e. The van der Waals surface area contributed by atoms with Crippen LogP contribution in [0.25, 0.3) is 10.9 Å². The highest BCUT2D eigenvalue weighted by Gasteiger charge is 2.36. The Bertz CT molecular complexity index is 971. The summed E-state index contributed by atoms with van der Waals surface area (Å²) in [6.45, 7) is 1.80. The summed E-state index contributed by atoms with van der Waals surface area (Å²) < 4.78 is 15.7. The van der Waals surface area contributed by atoms with Crippen LogP contribution in [0, 0.1) is 18.7 Å². The molecule has 0 saturated heterocycles. The number of aromatic nitrogens is 3. The number of carbonyl (C=O) groups is 1. The number of benzene rings is 1. The molecule has 2 aromatic heterocycles. The lowest BCUT2D eigenvalue weighted by Crippen LogP contribution is -2.41. The molecule has 1 atom stereocenters. The average Bonchev–Trinajstić information content (AvgIpc) is 3.15. The first kappa shape index (κ1) is 16.8. The first-order valence-corrected chi connectivity index (χ1v) is 8.68. The number of para-hydroxylation sites is 1. The molecule has 6 nitrogen and oxygen atoms in total. The zero-order valence-corrected chi connectivity index (χ0v) is 14.7. The molecule has 1 aromatic carbocycles. The summed E-state index contributed by atoms with van der Waals surface area (Å²) >= 11 is 0. The van der Waals surface area contributed by atoms with Gasteiger partial charge in [-0.3, -0.25) is 9.48 Å². The number of hydrogen-bond acceptors (Lipinski definition) is 3. The van der Waals surface area contributed by atoms with Crippen molar-refractivity contribution in [2.24, 2.45) is 13.0 Å². The molecule has 1 fully saturated rings. The molecule has 1 amide bonds. The molecule has 2 heterocycles. The van der Waals surface area contributed by atoms with Gasteiger partial charge in [0.25, 0.3) is 5.91 Å². The number of aliphatic hydroxyl groups excluding tert-OH is 1. The van der Waals surface area contributed by atoms with Gasteiger partial charge in [0, 0.05) is 24.2 Å². The van der Waals surface area contributed by atoms with Gasteiger partial charge in [0.1, 0.15) is 11.5 Å². The number of aryl methyl sites for hydroxylation is 2. The summed E-state index contributed by atoms with van der Waals surface area (Å²) in [5.41, 5.74) is 2.32. The quantitative estimate of drug-likeness (QED) is 0.672. The minimum absolute atomic E-state index is 0.152. The number of fused-ring (bicyclic) bond motifs is 1. The molecule has 7 heteroatoms. The van der Waals surface area contributed by atoms with E-state index in [4.69, 9.17) is 0 Å². The van der Waals surface area contributed by atoms with Crippen LogP contribution >= 0.6 is 0 Å². The molecule has 0 spiro atoms. The lowest BCUT2D eigenvalue weighted by Gasteiger charge is -2.37. The van der Waals surface area contributed by atoms with Crippen molar-refractivity contribution in [3.05, 3.63) is 53.2 Å². The van der Waals surface area contributed by atoms with E-state index in [0.717, 1.165) is 11.1 Å². The lowest BCUT2D eigenvalue weighted by molar-refractivity contribution is 0.0234. The van der Waals surface area contributed by atoms with Gasteiger partial charge in [-0.15, -0.1) is 0 Å². The van der Waals surface area contributed by atoms with Crippen LogP contribution in [-0.2, 0) is 7.05 Å². The summed E-state index contributed by atoms with van der Waals surface area (Å²) in [6, 6.07) is 4.56. The van der Waals surface area contributed by atoms with Gasteiger partial charge in [0.15, 0.2) is 0 Å². The summed E-state index contributed by atoms with van der Waals surface area (Å²) in [5.74, 6) is -0.511. The van der Waals surface area contributed by atoms with E-state index >= 15 is 0 Å². The normalized spacial score (nSPS) is 20.8. The van der Waals surface area contributed by atoms with Crippen LogP contribution in [-0.4, -0.2) is 31.9 Å². The lowest BCUT2D eigenvalue weighted by atomic mass is 9.75. The maximum atomic E-state index is 14.0. The van der Waals surface area contributed by atoms with Gasteiger partial charge in [-0.05, 0) is 37.3 Å². The van der Waals surface area contributed by atoms with Gasteiger partial charge in [-0.2, -0.15) is 5.10 Å². The maximum Gasteiger partial charge on any atom is 0.268 e. The van der Waals surface area contributed by atoms with Gasteiger partial charge in [-0.1, -0.05) is 12.1 Å². The molecule has 0 unspecified atom stereocenters. The monoisotopic (exact) mass is 356 g/mol. The number of aromatic amines is 1. The standard InChI is InChI=1S/C19H21FN4O2/c1-10-14-4-3-5-15(20)18(14)22-16(10)19(26)23-17(11-6-13(25)7-11)12-8-21-24(2)9-12/h3-5,8-9,11,13,17,22,25H,6-7H2,1-2H3,(H,23,26)/t11?,13?,17-/m0/s1. The highest BCUT2D eigenvalue weighted by atomic mass is 19.1. The number of aliphatic hydroxyl groups is 1. The molecule has 1 aliphatic rings. The second-order valence-corrected chi connectivity index (χ2v) is 7.07. The Morgan fingerprint density at radius 1 is 1.46 bits per heavy atom. The number of nitrogens with zero attached hydrogens (tertiary/aromatic N) is 2. The minimum atomic E-state index is -0.379. The predicted molar refractivity (Wildman–Crippen MR) is 95.1 cm³/mol. The Hall–Kier alpha value is -2.67. The van der Waals surface area contributed by atoms with Crippen molar-refractivity contribution in [3.63, 3.8) is 0 Å². The van der Waals surface area contributed by atoms with Crippen LogP contribution in [0.1, 0.15) is 40.5 Å². The molecule has 0 aliphatic heterocycles. The summed E-state index contributed by atoms with van der Waals surface area (Å²) in [7, 11) is 1.82. The van der Waals surface area contributed by atoms with E-state index in [1.54, 1.807) is 29.9 Å². The molecule has 1 aliphatic carbocycles. The SMILES string of the molecule is Cc1c(C(=O)N[C@H](c2cnn(C)c2)C2CC(O)C2)[nH]c2c(F)cccc12. The van der Waals surface area contributed by atoms with Gasteiger partial charge in [-0.25, -0.2) is 4.39 Å². The van der Waals surface area contributed by atoms with E-state index in [-0.39, 0.29) is 29.8 Å². The Morgan fingerprint density at radius 3 is 2.85 bits per heavy atom. The third-order valence-corrected chi connectivity index (χ3v) is 5.26. The van der Waals surface area contributed by atoms with Gasteiger partial charge < -0.3 is 15.4 Å². The van der Waals surface area contributed by atoms with Gasteiger partial charge >= 0.3 is 0 Å². The van der Waals surface area contributed by atoms with Crippen LogP contribution < -0.4 is 5.32 Å². The van der Waals surface area contributed by atoms with Crippen molar-refractivity contribution < 1.29 is 14.3 Å². The van der Waals surface area contributed by atoms with Crippen LogP contribution in [0.5, 0.6) is 0 Å². The Labute approximate surface area is 150 Å². The molecule has 136 valence electrons. The topological polar surface area (TPSA) is 82.9 Å². The zero-order chi connectivity index (χ0) is 18.4. The third kappa shape index (κ3) is 2.78. The van der Waals surface area contributed by atoms with Crippen molar-refractivity contribution in [3.8, 4) is 0 Å². The summed E-state index contributed by atoms with van der Waals surface area (Å²) in [6.07, 6.45) is 4.56. The number of rotatable bonds is 4. The van der Waals surface area contributed by atoms with E-state index < -0.39 is 0 Å². The largest absolute Gasteiger partial charge is 0.393 e. The second-order valence-electron chi connectivity index (χ2n) is 7.07. The Morgan fingerprint density at radius 2 is 2.23 bits per heavy atom. The zero-order valence-electron chi connectivity index (χ0n) is 14.7. The van der Waals surface area contributed by atoms with Crippen molar-refractivity contribution in [2.75, 3.05) is 0 Å². The predicted octanol–water partition coefficient (Wildman–Crippen LogP) is 2.59. The molecule has 4 rings (SSSR count). The fourth-order valence-corrected chi connectivity index (χ4v) is 3.73. The smallest absolute Gasteiger partial charge is 0.268 e. The summed E-state index contributed by atoms with van der Waals surface area (Å²) in [5, 5.41) is 17.6. The van der Waals surface area contributed by atoms with Crippen molar-refractivity contribution >= 4 is 16.8 Å². The number of nitrogens with one attached hydrogen (secondary N) is 2. The highest BCUT2D eigenvalue weighted by molar-refractivity contribution is 6.01. The molecule has 0 bridgehead atoms. The molecule has 26 heavy (non-hydrogen) atoms. The Balaban J connectivity index is 1.64. The number of carbonyl (C=O) groups excluding carboxylic acids is 1. The van der Waals surface area contributed by atoms with Crippen molar-refractivity contribution in [1.29, 1.82) is 0 Å². The first-order chi connectivity index (χ1) is 12.4. The van der Waals surface area contributed by atoms with Gasteiger partial charge in [0.2, 0.25) is 0 Å². The molecular formula is C19H21FN4O2. The van der Waals surface area contributed by atoms with E-state index in [2.05, 4.69) is 15.4 Å². The highest BCUT2D eigenvalue weighted by Crippen LogP contribution is 2.38. The number of H-pyrrole nitrogens is 1. The first-order valence-electron chi connectivity index (χ1n) is 8.68. The molecular weight excluding hydrogens is 335 g/mol. The van der Waals surface area contributed by atoms with Crippen LogP contribution in [0.3, 0.4) is 0 Å². The van der Waals surface area contributed by atoms with Crippen molar-refractivity contribution in [2.45, 2.75) is 31.9 Å². The number of halogens is 1. The third-order valence-electron chi connectivity index (χ3n) is 5.26. The van der Waals surface area contributed by atoms with Crippen LogP contribution in [0.4, 0.5) is 4.39 Å². The van der Waals surface area contributed by atoms with Gasteiger partial charge in [0.05, 0.1) is 23.9 Å². The van der Waals surface area contributed by atoms with E-state index in [1.165, 1.54) is 6.07 Å². The van der Waals surface area contributed by atoms with E-state index in [1.807, 2.05) is 13.2 Å². The molecule has 1 saturated carbocycles. The van der Waals surface area contributed by atoms with Crippen LogP contribution in [0.15, 0.2) is 30.6 Å². The van der Waals surface area contributed by atoms with E-state index in [9.17, 15) is 14.3 Å². The fourth-order valence-electron chi connectivity index (χ4n) is 3.73. The molecule has 3 N–H and O–H groups in total. The Kier molecular flexibility index (Phi) is 4.03. The number of hydrogen-bond donors (Lipinski definition) is 3. The second kappa shape index (κ2) is 6.25. The maximum absolute atomic E-state index is 14.0. The number of amides is 1. The average molecular weight is 356 g/mol. The summed E-state index contributed by atoms with van der Waals surface area (Å²) in [4.78, 5) is 15.8. The molecule has 0 radical (unpaired) electrons. The fraction of sp³-hybridized carbons (Fsp3) is 0.368. The van der Waals surface area contributed by atoms with E-state index in [0.29, 0.717) is 29.4 Å². The molecule has 3 aromatic rings.